The second kappa shape index (κ2) is 5.12. The second-order valence-corrected chi connectivity index (χ2v) is 4.12. The monoisotopic (exact) mass is 254 g/mol. The zero-order chi connectivity index (χ0) is 13.1. The molecule has 1 saturated heterocycles. The van der Waals surface area contributed by atoms with E-state index in [4.69, 9.17) is 0 Å². The summed E-state index contributed by atoms with van der Waals surface area (Å²) < 4.78 is 26.0. The Morgan fingerprint density at radius 3 is 2.50 bits per heavy atom. The number of carbonyl (C=O) groups excluding carboxylic acids is 2. The third-order valence-electron chi connectivity index (χ3n) is 2.69. The van der Waals surface area contributed by atoms with Crippen molar-refractivity contribution in [3.63, 3.8) is 0 Å². The zero-order valence-corrected chi connectivity index (χ0v) is 9.58. The number of benzene rings is 1. The minimum Gasteiger partial charge on any atom is -0.347 e. The molecular weight excluding hydrogens is 242 g/mol. The lowest BCUT2D eigenvalue weighted by Gasteiger charge is -2.19. The summed E-state index contributed by atoms with van der Waals surface area (Å²) in [5.74, 6) is -1.82. The maximum absolute atomic E-state index is 13.0. The fourth-order valence-corrected chi connectivity index (χ4v) is 1.83. The summed E-state index contributed by atoms with van der Waals surface area (Å²) in [6, 6.07) is 3.13. The molecule has 0 saturated carbocycles. The van der Waals surface area contributed by atoms with Crippen LogP contribution in [0.2, 0.25) is 0 Å². The highest BCUT2D eigenvalue weighted by molar-refractivity contribution is 5.87. The Hall–Kier alpha value is -1.98. The first-order chi connectivity index (χ1) is 8.54. The summed E-state index contributed by atoms with van der Waals surface area (Å²) in [7, 11) is 0. The molecule has 0 aliphatic carbocycles. The van der Waals surface area contributed by atoms with E-state index in [1.165, 1.54) is 17.0 Å². The van der Waals surface area contributed by atoms with Crippen LogP contribution in [0.15, 0.2) is 18.2 Å². The Kier molecular flexibility index (Phi) is 3.55. The Morgan fingerprint density at radius 1 is 1.17 bits per heavy atom. The average Bonchev–Trinajstić information content (AvgIpc) is 2.43. The van der Waals surface area contributed by atoms with Crippen LogP contribution in [-0.4, -0.2) is 29.8 Å². The van der Waals surface area contributed by atoms with Crippen molar-refractivity contribution in [3.05, 3.63) is 35.4 Å². The first-order valence-electron chi connectivity index (χ1n) is 5.54. The van der Waals surface area contributed by atoms with Crippen LogP contribution in [0.25, 0.3) is 0 Å². The van der Waals surface area contributed by atoms with Crippen molar-refractivity contribution in [2.24, 2.45) is 0 Å². The van der Waals surface area contributed by atoms with Crippen LogP contribution >= 0.6 is 0 Å². The van der Waals surface area contributed by atoms with Crippen LogP contribution < -0.4 is 5.32 Å². The van der Waals surface area contributed by atoms with E-state index in [1.54, 1.807) is 0 Å². The van der Waals surface area contributed by atoms with E-state index in [0.717, 1.165) is 6.07 Å². The van der Waals surface area contributed by atoms with E-state index >= 15 is 0 Å². The normalized spacial score (nSPS) is 16.4. The van der Waals surface area contributed by atoms with Gasteiger partial charge >= 0.3 is 0 Å². The molecule has 18 heavy (non-hydrogen) atoms. The first kappa shape index (κ1) is 12.5. The highest BCUT2D eigenvalue weighted by Gasteiger charge is 2.20. The Bertz CT molecular complexity index is 471. The number of hydrogen-bond acceptors (Lipinski definition) is 2. The van der Waals surface area contributed by atoms with Crippen LogP contribution in [0, 0.1) is 11.6 Å². The van der Waals surface area contributed by atoms with E-state index in [-0.39, 0.29) is 37.9 Å². The summed E-state index contributed by atoms with van der Waals surface area (Å²) in [6.07, 6.45) is 0.198. The predicted molar refractivity (Wildman–Crippen MR) is 59.4 cm³/mol. The quantitative estimate of drug-likeness (QED) is 0.849. The molecule has 1 fully saturated rings. The predicted octanol–water partition coefficient (Wildman–Crippen LogP) is 0.813. The van der Waals surface area contributed by atoms with E-state index < -0.39 is 11.6 Å². The van der Waals surface area contributed by atoms with Gasteiger partial charge in [0, 0.05) is 25.6 Å². The number of nitrogens with one attached hydrogen (secondary N) is 1. The van der Waals surface area contributed by atoms with Gasteiger partial charge in [-0.3, -0.25) is 9.59 Å². The molecule has 2 rings (SSSR count). The first-order valence-corrected chi connectivity index (χ1v) is 5.54. The maximum Gasteiger partial charge on any atom is 0.242 e. The molecule has 2 amide bonds. The molecule has 1 aromatic carbocycles. The van der Waals surface area contributed by atoms with E-state index in [2.05, 4.69) is 5.32 Å². The highest BCUT2D eigenvalue weighted by Crippen LogP contribution is 2.12. The van der Waals surface area contributed by atoms with Gasteiger partial charge in [-0.05, 0) is 17.7 Å². The van der Waals surface area contributed by atoms with Crippen LogP contribution in [-0.2, 0) is 16.1 Å². The van der Waals surface area contributed by atoms with Crippen LogP contribution in [0.3, 0.4) is 0 Å². The fraction of sp³-hybridized carbons (Fsp3) is 0.333. The SMILES string of the molecule is O=C1CCN(Cc2cc(F)cc(F)c2)C(=O)CN1. The van der Waals surface area contributed by atoms with Crippen LogP contribution in [0.1, 0.15) is 12.0 Å². The topological polar surface area (TPSA) is 49.4 Å². The Morgan fingerprint density at radius 2 is 1.83 bits per heavy atom. The summed E-state index contributed by atoms with van der Waals surface area (Å²) >= 11 is 0. The van der Waals surface area contributed by atoms with Crippen molar-refractivity contribution >= 4 is 11.8 Å². The van der Waals surface area contributed by atoms with Gasteiger partial charge in [-0.1, -0.05) is 0 Å². The number of carbonyl (C=O) groups is 2. The summed E-state index contributed by atoms with van der Waals surface area (Å²) in [4.78, 5) is 24.2. The van der Waals surface area contributed by atoms with E-state index in [0.29, 0.717) is 5.56 Å². The van der Waals surface area contributed by atoms with Crippen molar-refractivity contribution in [2.75, 3.05) is 13.1 Å². The van der Waals surface area contributed by atoms with E-state index in [1.807, 2.05) is 0 Å². The molecule has 6 heteroatoms. The lowest BCUT2D eigenvalue weighted by atomic mass is 10.2. The minimum absolute atomic E-state index is 0.0728. The Balaban J connectivity index is 2.11. The van der Waals surface area contributed by atoms with Crippen molar-refractivity contribution < 1.29 is 18.4 Å². The third-order valence-corrected chi connectivity index (χ3v) is 2.69. The molecule has 4 nitrogen and oxygen atoms in total. The number of rotatable bonds is 2. The Labute approximate surface area is 103 Å². The standard InChI is InChI=1S/C12H12F2N2O2/c13-9-3-8(4-10(14)5-9)7-16-2-1-11(17)15-6-12(16)18/h3-5H,1-2,6-7H2,(H,15,17). The number of halogens is 2. The molecule has 0 unspecified atom stereocenters. The van der Waals surface area contributed by atoms with Crippen molar-refractivity contribution in [1.82, 2.24) is 10.2 Å². The van der Waals surface area contributed by atoms with Crippen molar-refractivity contribution in [1.29, 1.82) is 0 Å². The summed E-state index contributed by atoms with van der Waals surface area (Å²) in [5.41, 5.74) is 0.371. The maximum atomic E-state index is 13.0. The smallest absolute Gasteiger partial charge is 0.242 e. The molecule has 0 spiro atoms. The van der Waals surface area contributed by atoms with Gasteiger partial charge in [-0.25, -0.2) is 8.78 Å². The molecule has 1 heterocycles. The fourth-order valence-electron chi connectivity index (χ4n) is 1.83. The highest BCUT2D eigenvalue weighted by atomic mass is 19.1. The number of amides is 2. The molecule has 1 aromatic rings. The van der Waals surface area contributed by atoms with Crippen LogP contribution in [0.4, 0.5) is 8.78 Å². The van der Waals surface area contributed by atoms with Gasteiger partial charge in [0.1, 0.15) is 11.6 Å². The third kappa shape index (κ3) is 3.03. The van der Waals surface area contributed by atoms with Gasteiger partial charge in [0.25, 0.3) is 0 Å². The van der Waals surface area contributed by atoms with Gasteiger partial charge in [0.2, 0.25) is 11.8 Å². The summed E-state index contributed by atoms with van der Waals surface area (Å²) in [5, 5.41) is 2.45. The summed E-state index contributed by atoms with van der Waals surface area (Å²) in [6.45, 7) is 0.280. The molecule has 1 aliphatic rings. The molecular formula is C12H12F2N2O2. The van der Waals surface area contributed by atoms with E-state index in [9.17, 15) is 18.4 Å². The molecule has 0 aromatic heterocycles. The lowest BCUT2D eigenvalue weighted by Crippen LogP contribution is -2.34. The van der Waals surface area contributed by atoms with Gasteiger partial charge in [-0.15, -0.1) is 0 Å². The largest absolute Gasteiger partial charge is 0.347 e. The molecule has 1 N–H and O–H groups in total. The van der Waals surface area contributed by atoms with Gasteiger partial charge < -0.3 is 10.2 Å². The molecule has 1 aliphatic heterocycles. The molecule has 0 atom stereocenters. The minimum atomic E-state index is -0.679. The van der Waals surface area contributed by atoms with Crippen molar-refractivity contribution in [2.45, 2.75) is 13.0 Å². The number of nitrogens with zero attached hydrogens (tertiary/aromatic N) is 1. The van der Waals surface area contributed by atoms with Crippen molar-refractivity contribution in [3.8, 4) is 0 Å². The molecule has 0 radical (unpaired) electrons. The second-order valence-electron chi connectivity index (χ2n) is 4.12. The zero-order valence-electron chi connectivity index (χ0n) is 9.58. The molecule has 0 bridgehead atoms. The van der Waals surface area contributed by atoms with Gasteiger partial charge in [0.15, 0.2) is 0 Å². The van der Waals surface area contributed by atoms with Gasteiger partial charge in [0.05, 0.1) is 6.54 Å². The van der Waals surface area contributed by atoms with Crippen LogP contribution in [0.5, 0.6) is 0 Å². The van der Waals surface area contributed by atoms with Gasteiger partial charge in [-0.2, -0.15) is 0 Å². The average molecular weight is 254 g/mol. The number of hydrogen-bond donors (Lipinski definition) is 1. The molecule has 96 valence electrons. The lowest BCUT2D eigenvalue weighted by molar-refractivity contribution is -0.130.